The zero-order valence-corrected chi connectivity index (χ0v) is 40.2. The highest BCUT2D eigenvalue weighted by molar-refractivity contribution is 5.73. The lowest BCUT2D eigenvalue weighted by Gasteiger charge is -2.40. The number of piperidine rings is 2. The van der Waals surface area contributed by atoms with E-state index >= 15 is 0 Å². The molecule has 12 heteroatoms. The Hall–Kier alpha value is -5.15. The molecule has 6 aliphatic rings. The number of ether oxygens (including phenoxy) is 1. The molecule has 1 spiro atoms. The molecule has 1 aliphatic carbocycles. The van der Waals surface area contributed by atoms with Gasteiger partial charge in [0, 0.05) is 107 Å². The third kappa shape index (κ3) is 11.3. The second kappa shape index (κ2) is 21.0. The molecule has 3 saturated heterocycles. The van der Waals surface area contributed by atoms with Gasteiger partial charge in [0.1, 0.15) is 6.10 Å². The number of hydrogen-bond donors (Lipinski definition) is 2. The van der Waals surface area contributed by atoms with Crippen molar-refractivity contribution in [3.05, 3.63) is 87.2 Å². The van der Waals surface area contributed by atoms with Crippen LogP contribution in [0.1, 0.15) is 129 Å². The number of anilines is 3. The summed E-state index contributed by atoms with van der Waals surface area (Å²) in [7, 11) is 0. The Morgan fingerprint density at radius 3 is 2.40 bits per heavy atom. The van der Waals surface area contributed by atoms with Gasteiger partial charge in [-0.05, 0) is 150 Å². The molecule has 2 aromatic carbocycles. The van der Waals surface area contributed by atoms with Crippen molar-refractivity contribution in [2.24, 2.45) is 11.3 Å². The van der Waals surface area contributed by atoms with Crippen LogP contribution >= 0.6 is 0 Å². The third-order valence-corrected chi connectivity index (χ3v) is 15.6. The van der Waals surface area contributed by atoms with E-state index < -0.39 is 0 Å². The first kappa shape index (κ1) is 46.4. The van der Waals surface area contributed by atoms with Crippen LogP contribution in [0, 0.1) is 50.4 Å². The monoisotopic (exact) mass is 883 g/mol. The molecule has 4 aromatic rings. The molecule has 7 heterocycles. The normalized spacial score (nSPS) is 20.9. The number of nitrogens with zero attached hydrogens (tertiary/aromatic N) is 8. The molecule has 0 bridgehead atoms. The number of carbonyl (C=O) groups excluding carboxylic acids is 1. The van der Waals surface area contributed by atoms with Crippen molar-refractivity contribution in [1.29, 1.82) is 5.26 Å². The summed E-state index contributed by atoms with van der Waals surface area (Å²) in [6, 6.07) is 17.8. The van der Waals surface area contributed by atoms with E-state index in [0.29, 0.717) is 23.9 Å². The van der Waals surface area contributed by atoms with E-state index in [1.165, 1.54) is 104 Å². The fourth-order valence-corrected chi connectivity index (χ4v) is 11.4. The Bertz CT molecular complexity index is 2260. The fraction of sp³-hybridized carbons (Fsp3) is 0.604. The average molecular weight is 883 g/mol. The van der Waals surface area contributed by atoms with Crippen LogP contribution in [0.3, 0.4) is 0 Å². The number of aryl methyl sites for hydroxylation is 3. The number of nitriles is 1. The Morgan fingerprint density at radius 1 is 0.892 bits per heavy atom. The maximum atomic E-state index is 11.1. The van der Waals surface area contributed by atoms with Crippen molar-refractivity contribution in [3.63, 3.8) is 0 Å². The summed E-state index contributed by atoms with van der Waals surface area (Å²) < 4.78 is 6.27. The van der Waals surface area contributed by atoms with Crippen molar-refractivity contribution in [3.8, 4) is 11.9 Å². The van der Waals surface area contributed by atoms with Crippen LogP contribution in [0.15, 0.2) is 42.5 Å². The zero-order valence-electron chi connectivity index (χ0n) is 40.2. The molecule has 4 fully saturated rings. The molecular formula is C53H74N10O2. The van der Waals surface area contributed by atoms with Gasteiger partial charge < -0.3 is 29.7 Å². The molecule has 65 heavy (non-hydrogen) atoms. The van der Waals surface area contributed by atoms with Gasteiger partial charge in [-0.2, -0.15) is 10.4 Å². The number of H-pyrrole nitrogens is 1. The number of rotatable bonds is 6. The largest absolute Gasteiger partial charge is 0.473 e. The Morgan fingerprint density at radius 2 is 1.68 bits per heavy atom. The van der Waals surface area contributed by atoms with Crippen LogP contribution in [-0.4, -0.2) is 101 Å². The molecule has 2 N–H and O–H groups in total. The lowest BCUT2D eigenvalue weighted by Crippen LogP contribution is -2.42. The van der Waals surface area contributed by atoms with E-state index in [4.69, 9.17) is 4.74 Å². The summed E-state index contributed by atoms with van der Waals surface area (Å²) in [4.78, 5) is 20.6. The predicted octanol–water partition coefficient (Wildman–Crippen LogP) is 9.25. The van der Waals surface area contributed by atoms with Gasteiger partial charge in [0.2, 0.25) is 11.8 Å². The van der Waals surface area contributed by atoms with Crippen molar-refractivity contribution in [2.75, 3.05) is 67.5 Å². The smallest absolute Gasteiger partial charge is 0.233 e. The van der Waals surface area contributed by atoms with E-state index in [9.17, 15) is 10.1 Å². The van der Waals surface area contributed by atoms with Crippen LogP contribution in [0.2, 0.25) is 0 Å². The van der Waals surface area contributed by atoms with Gasteiger partial charge in [-0.25, -0.2) is 0 Å². The van der Waals surface area contributed by atoms with Crippen molar-refractivity contribution < 1.29 is 9.53 Å². The van der Waals surface area contributed by atoms with Gasteiger partial charge in [-0.15, -0.1) is 10.2 Å². The van der Waals surface area contributed by atoms with Crippen molar-refractivity contribution in [1.82, 2.24) is 30.2 Å². The van der Waals surface area contributed by atoms with Crippen LogP contribution in [-0.2, 0) is 24.2 Å². The number of fused-ring (bicyclic) bond motifs is 2. The third-order valence-electron chi connectivity index (χ3n) is 15.6. The number of benzene rings is 2. The minimum atomic E-state index is 0.145. The first-order valence-electron chi connectivity index (χ1n) is 24.8. The molecule has 5 aliphatic heterocycles. The SMILES string of the molecule is CC(=O)N1CCc2n[nH]c(C)c2C1.Cc1c(C#N)ccc(N2CC3(CCN(c4ccc(OC5CCN(CC6CCCCC6)CC5)nn4)CC3)C[C@@H]2C)c1C.Cc1ccc2c(c1)NCCC2. The molecule has 1 amide bonds. The van der Waals surface area contributed by atoms with Gasteiger partial charge >= 0.3 is 0 Å². The zero-order chi connectivity index (χ0) is 45.5. The number of aromatic nitrogens is 4. The highest BCUT2D eigenvalue weighted by Gasteiger charge is 2.44. The number of amides is 1. The van der Waals surface area contributed by atoms with Crippen molar-refractivity contribution in [2.45, 2.75) is 144 Å². The Balaban J connectivity index is 0.000000193. The predicted molar refractivity (Wildman–Crippen MR) is 261 cm³/mol. The molecule has 1 atom stereocenters. The summed E-state index contributed by atoms with van der Waals surface area (Å²) in [5.41, 5.74) is 12.3. The van der Waals surface area contributed by atoms with Crippen LogP contribution in [0.4, 0.5) is 17.2 Å². The summed E-state index contributed by atoms with van der Waals surface area (Å²) in [5, 5.41) is 29.0. The van der Waals surface area contributed by atoms with Crippen molar-refractivity contribution >= 4 is 23.1 Å². The second-order valence-corrected chi connectivity index (χ2v) is 20.2. The maximum absolute atomic E-state index is 11.1. The lowest BCUT2D eigenvalue weighted by molar-refractivity contribution is -0.129. The van der Waals surface area contributed by atoms with Gasteiger partial charge in [0.05, 0.1) is 17.3 Å². The molecule has 12 nitrogen and oxygen atoms in total. The highest BCUT2D eigenvalue weighted by Crippen LogP contribution is 2.46. The summed E-state index contributed by atoms with van der Waals surface area (Å²) >= 11 is 0. The standard InChI is InChI=1S/C34H48N6O.C10H13N.C9H13N3O/c1-25-21-34(24-40(25)31-10-9-29(22-35)26(2)27(31)3)15-19-39(20-16-34)32-11-12-33(37-36-32)41-30-13-17-38(18-14-30)23-28-7-5-4-6-8-28;1-8-4-5-9-3-2-6-11-10(9)7-8;1-6-8-5-12(7(2)13)4-3-9(8)11-10-6/h9-12,25,28,30H,4-8,13-21,23-24H2,1-3H3;4-5,7,11H,2-3,6H2,1H3;3-5H2,1-2H3,(H,10,11)/t25-;;/m0../s1. The lowest BCUT2D eigenvalue weighted by atomic mass is 9.77. The minimum absolute atomic E-state index is 0.145. The number of likely N-dealkylation sites (tertiary alicyclic amines) is 1. The quantitative estimate of drug-likeness (QED) is 0.193. The Kier molecular flexibility index (Phi) is 15.0. The minimum Gasteiger partial charge on any atom is -0.473 e. The number of nitrogens with one attached hydrogen (secondary N) is 2. The van der Waals surface area contributed by atoms with Crippen LogP contribution in [0.5, 0.6) is 5.88 Å². The fourth-order valence-electron chi connectivity index (χ4n) is 11.4. The van der Waals surface area contributed by atoms with E-state index in [2.05, 4.69) is 105 Å². The van der Waals surface area contributed by atoms with E-state index in [1.54, 1.807) is 6.92 Å². The first-order chi connectivity index (χ1) is 31.5. The first-order valence-corrected chi connectivity index (χ1v) is 24.8. The topological polar surface area (TPSA) is 130 Å². The number of carbonyl (C=O) groups is 1. The van der Waals surface area contributed by atoms with E-state index in [-0.39, 0.29) is 12.0 Å². The van der Waals surface area contributed by atoms with Crippen LogP contribution in [0.25, 0.3) is 0 Å². The highest BCUT2D eigenvalue weighted by atomic mass is 16.5. The van der Waals surface area contributed by atoms with E-state index in [1.807, 2.05) is 24.0 Å². The molecule has 1 saturated carbocycles. The molecule has 2 aromatic heterocycles. The van der Waals surface area contributed by atoms with Crippen LogP contribution < -0.4 is 19.9 Å². The number of hydrogen-bond acceptors (Lipinski definition) is 10. The molecule has 348 valence electrons. The summed E-state index contributed by atoms with van der Waals surface area (Å²) in [5.74, 6) is 2.69. The summed E-state index contributed by atoms with van der Waals surface area (Å²) in [6.45, 7) is 21.7. The molecule has 0 radical (unpaired) electrons. The summed E-state index contributed by atoms with van der Waals surface area (Å²) in [6.07, 6.45) is 16.5. The van der Waals surface area contributed by atoms with Gasteiger partial charge in [0.15, 0.2) is 5.82 Å². The molecule has 10 rings (SSSR count). The molecular weight excluding hydrogens is 809 g/mol. The van der Waals surface area contributed by atoms with Gasteiger partial charge in [0.25, 0.3) is 0 Å². The second-order valence-electron chi connectivity index (χ2n) is 20.2. The average Bonchev–Trinajstić information content (AvgIpc) is 3.86. The van der Waals surface area contributed by atoms with E-state index in [0.717, 1.165) is 99.3 Å². The molecule has 0 unspecified atom stereocenters. The van der Waals surface area contributed by atoms with Gasteiger partial charge in [-0.1, -0.05) is 31.4 Å². The Labute approximate surface area is 388 Å². The maximum Gasteiger partial charge on any atom is 0.233 e. The number of aromatic amines is 1. The van der Waals surface area contributed by atoms with Gasteiger partial charge in [-0.3, -0.25) is 9.89 Å².